The van der Waals surface area contributed by atoms with Crippen molar-refractivity contribution in [3.05, 3.63) is 35.4 Å². The molecule has 1 atom stereocenters. The first-order valence-electron chi connectivity index (χ1n) is 5.69. The SMILES string of the molecule is COC(=O)C(CO)NC(=O)c1cccc(CSC)c1. The van der Waals surface area contributed by atoms with Crippen molar-refractivity contribution in [1.82, 2.24) is 5.32 Å². The summed E-state index contributed by atoms with van der Waals surface area (Å²) in [6, 6.07) is 6.09. The van der Waals surface area contributed by atoms with E-state index in [1.54, 1.807) is 30.0 Å². The maximum absolute atomic E-state index is 12.0. The first kappa shape index (κ1) is 15.5. The lowest BCUT2D eigenvalue weighted by Gasteiger charge is -2.14. The Bertz CT molecular complexity index is 450. The van der Waals surface area contributed by atoms with Gasteiger partial charge in [-0.25, -0.2) is 4.79 Å². The average Bonchev–Trinajstić information content (AvgIpc) is 2.44. The van der Waals surface area contributed by atoms with Gasteiger partial charge in [0.15, 0.2) is 6.04 Å². The minimum Gasteiger partial charge on any atom is -0.467 e. The van der Waals surface area contributed by atoms with E-state index in [1.165, 1.54) is 7.11 Å². The van der Waals surface area contributed by atoms with Crippen molar-refractivity contribution in [3.8, 4) is 0 Å². The van der Waals surface area contributed by atoms with E-state index >= 15 is 0 Å². The molecule has 0 fully saturated rings. The van der Waals surface area contributed by atoms with E-state index in [0.29, 0.717) is 5.56 Å². The van der Waals surface area contributed by atoms with Crippen molar-refractivity contribution in [1.29, 1.82) is 0 Å². The van der Waals surface area contributed by atoms with Crippen molar-refractivity contribution in [2.45, 2.75) is 11.8 Å². The zero-order valence-electron chi connectivity index (χ0n) is 10.9. The maximum Gasteiger partial charge on any atom is 0.330 e. The number of nitrogens with one attached hydrogen (secondary N) is 1. The van der Waals surface area contributed by atoms with Gasteiger partial charge in [0, 0.05) is 11.3 Å². The molecule has 0 aromatic heterocycles. The number of rotatable bonds is 6. The van der Waals surface area contributed by atoms with E-state index in [9.17, 15) is 9.59 Å². The molecule has 1 aromatic rings. The molecule has 2 N–H and O–H groups in total. The Morgan fingerprint density at radius 1 is 1.47 bits per heavy atom. The summed E-state index contributed by atoms with van der Waals surface area (Å²) in [6.45, 7) is -0.497. The second kappa shape index (κ2) is 7.81. The molecule has 0 heterocycles. The van der Waals surface area contributed by atoms with Crippen LogP contribution in [0.3, 0.4) is 0 Å². The summed E-state index contributed by atoms with van der Waals surface area (Å²) in [5.41, 5.74) is 1.48. The monoisotopic (exact) mass is 283 g/mol. The topological polar surface area (TPSA) is 75.6 Å². The molecule has 1 unspecified atom stereocenters. The Hall–Kier alpha value is -1.53. The summed E-state index contributed by atoms with van der Waals surface area (Å²) in [5.74, 6) is -0.273. The number of aliphatic hydroxyl groups excluding tert-OH is 1. The number of aliphatic hydroxyl groups is 1. The van der Waals surface area contributed by atoms with E-state index < -0.39 is 24.5 Å². The van der Waals surface area contributed by atoms with Crippen LogP contribution in [0.15, 0.2) is 24.3 Å². The highest BCUT2D eigenvalue weighted by molar-refractivity contribution is 7.97. The molecule has 1 rings (SSSR count). The molecule has 19 heavy (non-hydrogen) atoms. The Balaban J connectivity index is 2.76. The van der Waals surface area contributed by atoms with Crippen molar-refractivity contribution in [2.24, 2.45) is 0 Å². The standard InChI is InChI=1S/C13H17NO4S/c1-18-13(17)11(7-15)14-12(16)10-5-3-4-9(6-10)8-19-2/h3-6,11,15H,7-8H2,1-2H3,(H,14,16). The number of esters is 1. The van der Waals surface area contributed by atoms with Gasteiger partial charge in [-0.3, -0.25) is 4.79 Å². The smallest absolute Gasteiger partial charge is 0.330 e. The van der Waals surface area contributed by atoms with Gasteiger partial charge in [-0.05, 0) is 24.0 Å². The molecule has 0 aliphatic rings. The van der Waals surface area contributed by atoms with Gasteiger partial charge < -0.3 is 15.2 Å². The highest BCUT2D eigenvalue weighted by Crippen LogP contribution is 2.11. The number of carbonyl (C=O) groups is 2. The second-order valence-electron chi connectivity index (χ2n) is 3.87. The fourth-order valence-corrected chi connectivity index (χ4v) is 2.04. The fraction of sp³-hybridized carbons (Fsp3) is 0.385. The van der Waals surface area contributed by atoms with Gasteiger partial charge in [-0.2, -0.15) is 11.8 Å². The number of benzene rings is 1. The van der Waals surface area contributed by atoms with Crippen LogP contribution in [0, 0.1) is 0 Å². The van der Waals surface area contributed by atoms with Crippen molar-refractivity contribution >= 4 is 23.6 Å². The lowest BCUT2D eigenvalue weighted by atomic mass is 10.1. The van der Waals surface area contributed by atoms with Crippen LogP contribution < -0.4 is 5.32 Å². The van der Waals surface area contributed by atoms with Gasteiger partial charge in [0.2, 0.25) is 0 Å². The predicted octanol–water partition coefficient (Wildman–Crippen LogP) is 0.813. The molecule has 1 aromatic carbocycles. The fourth-order valence-electron chi connectivity index (χ4n) is 1.53. The predicted molar refractivity (Wildman–Crippen MR) is 74.0 cm³/mol. The van der Waals surface area contributed by atoms with E-state index in [4.69, 9.17) is 5.11 Å². The number of carbonyl (C=O) groups excluding carboxylic acids is 2. The molecule has 0 spiro atoms. The molecule has 0 aliphatic heterocycles. The molecular formula is C13H17NO4S. The van der Waals surface area contributed by atoms with E-state index in [1.807, 2.05) is 12.3 Å². The summed E-state index contributed by atoms with van der Waals surface area (Å²) < 4.78 is 4.49. The van der Waals surface area contributed by atoms with E-state index in [0.717, 1.165) is 11.3 Å². The van der Waals surface area contributed by atoms with Gasteiger partial charge in [-0.15, -0.1) is 0 Å². The first-order valence-corrected chi connectivity index (χ1v) is 7.09. The Kier molecular flexibility index (Phi) is 6.38. The largest absolute Gasteiger partial charge is 0.467 e. The quantitative estimate of drug-likeness (QED) is 0.756. The summed E-state index contributed by atoms with van der Waals surface area (Å²) in [7, 11) is 1.20. The minimum absolute atomic E-state index is 0.410. The summed E-state index contributed by atoms with van der Waals surface area (Å²) >= 11 is 1.66. The molecule has 6 heteroatoms. The molecular weight excluding hydrogens is 266 g/mol. The van der Waals surface area contributed by atoms with Crippen LogP contribution in [0.5, 0.6) is 0 Å². The van der Waals surface area contributed by atoms with Crippen LogP contribution >= 0.6 is 11.8 Å². The van der Waals surface area contributed by atoms with E-state index in [-0.39, 0.29) is 0 Å². The molecule has 5 nitrogen and oxygen atoms in total. The molecule has 104 valence electrons. The normalized spacial score (nSPS) is 11.7. The van der Waals surface area contributed by atoms with Gasteiger partial charge in [0.1, 0.15) is 0 Å². The molecule has 0 bridgehead atoms. The number of hydrogen-bond donors (Lipinski definition) is 2. The minimum atomic E-state index is -1.04. The summed E-state index contributed by atoms with van der Waals surface area (Å²) in [6.07, 6.45) is 1.98. The molecule has 0 saturated carbocycles. The number of amides is 1. The number of ether oxygens (including phenoxy) is 1. The summed E-state index contributed by atoms with van der Waals surface area (Å²) in [5, 5.41) is 11.5. The van der Waals surface area contributed by atoms with Gasteiger partial charge in [-0.1, -0.05) is 12.1 Å². The van der Waals surface area contributed by atoms with Crippen LogP contribution in [0.4, 0.5) is 0 Å². The van der Waals surface area contributed by atoms with Crippen LogP contribution in [0.25, 0.3) is 0 Å². The van der Waals surface area contributed by atoms with Crippen molar-refractivity contribution in [3.63, 3.8) is 0 Å². The van der Waals surface area contributed by atoms with Crippen LogP contribution in [-0.4, -0.2) is 43.0 Å². The third-order valence-corrected chi connectivity index (χ3v) is 3.10. The highest BCUT2D eigenvalue weighted by Gasteiger charge is 2.21. The number of hydrogen-bond acceptors (Lipinski definition) is 5. The molecule has 0 saturated heterocycles. The van der Waals surface area contributed by atoms with E-state index in [2.05, 4.69) is 10.1 Å². The van der Waals surface area contributed by atoms with Gasteiger partial charge in [0.25, 0.3) is 5.91 Å². The van der Waals surface area contributed by atoms with Gasteiger partial charge in [0.05, 0.1) is 13.7 Å². The lowest BCUT2D eigenvalue weighted by Crippen LogP contribution is -2.44. The van der Waals surface area contributed by atoms with Crippen LogP contribution in [-0.2, 0) is 15.3 Å². The third kappa shape index (κ3) is 4.57. The average molecular weight is 283 g/mol. The Labute approximate surface area is 116 Å². The van der Waals surface area contributed by atoms with Crippen molar-refractivity contribution < 1.29 is 19.4 Å². The Morgan fingerprint density at radius 2 is 2.21 bits per heavy atom. The first-order chi connectivity index (χ1) is 9.12. The highest BCUT2D eigenvalue weighted by atomic mass is 32.2. The zero-order valence-corrected chi connectivity index (χ0v) is 11.7. The maximum atomic E-state index is 12.0. The number of thioether (sulfide) groups is 1. The van der Waals surface area contributed by atoms with Crippen LogP contribution in [0.1, 0.15) is 15.9 Å². The second-order valence-corrected chi connectivity index (χ2v) is 4.73. The third-order valence-electron chi connectivity index (χ3n) is 2.47. The Morgan fingerprint density at radius 3 is 2.79 bits per heavy atom. The summed E-state index contributed by atoms with van der Waals surface area (Å²) in [4.78, 5) is 23.2. The zero-order chi connectivity index (χ0) is 14.3. The van der Waals surface area contributed by atoms with Gasteiger partial charge >= 0.3 is 5.97 Å². The number of methoxy groups -OCH3 is 1. The molecule has 0 radical (unpaired) electrons. The lowest BCUT2D eigenvalue weighted by molar-refractivity contribution is -0.143. The molecule has 1 amide bonds. The van der Waals surface area contributed by atoms with Crippen LogP contribution in [0.2, 0.25) is 0 Å². The molecule has 0 aliphatic carbocycles. The van der Waals surface area contributed by atoms with Crippen molar-refractivity contribution in [2.75, 3.05) is 20.0 Å².